The van der Waals surface area contributed by atoms with Crippen LogP contribution < -0.4 is 10.1 Å². The lowest BCUT2D eigenvalue weighted by Gasteiger charge is -2.12. The molecule has 0 atom stereocenters. The van der Waals surface area contributed by atoms with Gasteiger partial charge in [-0.2, -0.15) is 5.10 Å². The number of furan rings is 1. The van der Waals surface area contributed by atoms with Gasteiger partial charge in [0, 0.05) is 11.3 Å². The van der Waals surface area contributed by atoms with Crippen molar-refractivity contribution in [3.8, 4) is 16.9 Å². The Morgan fingerprint density at radius 2 is 1.63 bits per heavy atom. The lowest BCUT2D eigenvalue weighted by Crippen LogP contribution is -2.28. The van der Waals surface area contributed by atoms with Crippen LogP contribution in [0.4, 0.5) is 10.1 Å². The van der Waals surface area contributed by atoms with E-state index in [9.17, 15) is 14.0 Å². The van der Waals surface area contributed by atoms with Crippen molar-refractivity contribution in [2.75, 3.05) is 11.9 Å². The average Bonchev–Trinajstić information content (AvgIpc) is 3.70. The minimum absolute atomic E-state index is 0.179. The van der Waals surface area contributed by atoms with E-state index in [1.807, 2.05) is 48.5 Å². The molecule has 1 saturated heterocycles. The largest absolute Gasteiger partial charge is 0.483 e. The first kappa shape index (κ1) is 30.3. The zero-order valence-electron chi connectivity index (χ0n) is 24.4. The number of thioether (sulfide) groups is 1. The highest BCUT2D eigenvalue weighted by Gasteiger charge is 2.34. The second-order valence-electron chi connectivity index (χ2n) is 10.1. The van der Waals surface area contributed by atoms with Gasteiger partial charge in [-0.15, -0.1) is 5.10 Å². The smallest absolute Gasteiger partial charge is 0.267 e. The minimum atomic E-state index is -0.410. The van der Waals surface area contributed by atoms with Crippen molar-refractivity contribution in [3.63, 3.8) is 0 Å². The van der Waals surface area contributed by atoms with E-state index in [0.29, 0.717) is 32.8 Å². The van der Waals surface area contributed by atoms with E-state index in [2.05, 4.69) is 27.7 Å². The van der Waals surface area contributed by atoms with Crippen molar-refractivity contribution in [2.24, 2.45) is 10.2 Å². The molecule has 8 nitrogen and oxygen atoms in total. The van der Waals surface area contributed by atoms with Crippen LogP contribution in [0.5, 0.6) is 5.75 Å². The van der Waals surface area contributed by atoms with E-state index in [4.69, 9.17) is 9.15 Å². The van der Waals surface area contributed by atoms with Crippen molar-refractivity contribution in [2.45, 2.75) is 6.54 Å². The van der Waals surface area contributed by atoms with Gasteiger partial charge in [-0.25, -0.2) is 4.39 Å². The van der Waals surface area contributed by atoms with Gasteiger partial charge in [-0.05, 0) is 77.0 Å². The van der Waals surface area contributed by atoms with E-state index in [1.165, 1.54) is 40.9 Å². The summed E-state index contributed by atoms with van der Waals surface area (Å²) in [6.07, 6.45) is 4.89. The molecular formula is C36H27FN4O4S. The van der Waals surface area contributed by atoms with Gasteiger partial charge in [-0.1, -0.05) is 72.8 Å². The predicted octanol–water partition coefficient (Wildman–Crippen LogP) is 7.61. The number of anilines is 1. The maximum atomic E-state index is 13.6. The fourth-order valence-corrected chi connectivity index (χ4v) is 5.49. The maximum absolute atomic E-state index is 13.6. The molecule has 5 aromatic rings. The fraction of sp³-hybridized carbons (Fsp3) is 0.0556. The van der Waals surface area contributed by atoms with Crippen molar-refractivity contribution < 1.29 is 23.1 Å². The molecule has 1 aliphatic rings. The number of ether oxygens (including phenoxy) is 1. The van der Waals surface area contributed by atoms with Gasteiger partial charge in [-0.3, -0.25) is 14.5 Å². The molecule has 4 aromatic carbocycles. The van der Waals surface area contributed by atoms with Gasteiger partial charge in [0.05, 0.1) is 23.9 Å². The van der Waals surface area contributed by atoms with Crippen LogP contribution >= 0.6 is 11.8 Å². The summed E-state index contributed by atoms with van der Waals surface area (Å²) in [7, 11) is 0. The van der Waals surface area contributed by atoms with Crippen LogP contribution in [-0.2, 0) is 16.1 Å². The quantitative estimate of drug-likeness (QED) is 0.0974. The van der Waals surface area contributed by atoms with Gasteiger partial charge >= 0.3 is 0 Å². The molecule has 6 rings (SSSR count). The van der Waals surface area contributed by atoms with Crippen LogP contribution in [0.25, 0.3) is 17.2 Å². The summed E-state index contributed by atoms with van der Waals surface area (Å²) in [5.74, 6) is -0.0672. The lowest BCUT2D eigenvalue weighted by atomic mass is 10.0. The number of carbonyl (C=O) groups is 2. The van der Waals surface area contributed by atoms with E-state index < -0.39 is 11.7 Å². The van der Waals surface area contributed by atoms with Gasteiger partial charge in [0.25, 0.3) is 11.8 Å². The first-order chi connectivity index (χ1) is 22.5. The highest BCUT2D eigenvalue weighted by molar-refractivity contribution is 8.18. The predicted molar refractivity (Wildman–Crippen MR) is 179 cm³/mol. The number of nitrogens with one attached hydrogen (secondary N) is 1. The summed E-state index contributed by atoms with van der Waals surface area (Å²) in [6, 6.07) is 34.1. The number of para-hydroxylation sites is 1. The molecule has 0 saturated carbocycles. The van der Waals surface area contributed by atoms with E-state index in [1.54, 1.807) is 48.9 Å². The summed E-state index contributed by atoms with van der Waals surface area (Å²) < 4.78 is 24.5. The molecule has 10 heteroatoms. The number of nitrogens with zero attached hydrogens (tertiary/aromatic N) is 3. The Balaban J connectivity index is 1.18. The monoisotopic (exact) mass is 630 g/mol. The summed E-state index contributed by atoms with van der Waals surface area (Å²) in [5, 5.41) is 11.7. The Morgan fingerprint density at radius 1 is 0.891 bits per heavy atom. The van der Waals surface area contributed by atoms with Crippen LogP contribution in [0.15, 0.2) is 141 Å². The van der Waals surface area contributed by atoms with E-state index in [0.717, 1.165) is 16.7 Å². The third-order valence-electron chi connectivity index (χ3n) is 6.84. The van der Waals surface area contributed by atoms with E-state index >= 15 is 0 Å². The van der Waals surface area contributed by atoms with E-state index in [-0.39, 0.29) is 19.1 Å². The van der Waals surface area contributed by atoms with Crippen LogP contribution in [-0.4, -0.2) is 34.7 Å². The molecule has 0 aliphatic carbocycles. The van der Waals surface area contributed by atoms with Crippen LogP contribution in [0.2, 0.25) is 0 Å². The number of amides is 2. The number of amidine groups is 1. The Bertz CT molecular complexity index is 1910. The Kier molecular flexibility index (Phi) is 9.46. The number of halogens is 1. The second kappa shape index (κ2) is 14.4. The lowest BCUT2D eigenvalue weighted by molar-refractivity contribution is -0.122. The standard InChI is InChI=1S/C36H27FN4O4S/c37-29-16-18-30(19-17-29)39-34(42)24-45-32-11-5-4-9-28(32)21-33-35(43)41(23-31-10-6-20-44-31)36(46-33)40-38-22-25-12-14-27(15-13-25)26-7-2-1-3-8-26/h1-22H,23-24H2,(H,39,42)/b33-21-,38-22+,40-36-. The highest BCUT2D eigenvalue weighted by Crippen LogP contribution is 2.35. The minimum Gasteiger partial charge on any atom is -0.483 e. The third-order valence-corrected chi connectivity index (χ3v) is 7.84. The Labute approximate surface area is 268 Å². The normalized spacial score (nSPS) is 14.8. The molecule has 1 fully saturated rings. The molecule has 0 bridgehead atoms. The Morgan fingerprint density at radius 3 is 2.39 bits per heavy atom. The zero-order valence-corrected chi connectivity index (χ0v) is 25.2. The van der Waals surface area contributed by atoms with Gasteiger partial charge in [0.15, 0.2) is 11.8 Å². The summed E-state index contributed by atoms with van der Waals surface area (Å²) in [4.78, 5) is 27.9. The summed E-state index contributed by atoms with van der Waals surface area (Å²) >= 11 is 1.18. The molecule has 2 heterocycles. The first-order valence-electron chi connectivity index (χ1n) is 14.3. The summed E-state index contributed by atoms with van der Waals surface area (Å²) in [5.41, 5.74) is 4.14. The number of carbonyl (C=O) groups excluding carboxylic acids is 2. The SMILES string of the molecule is O=C(COc1ccccc1/C=C1\S/C(=N\N=C\c2ccc(-c3ccccc3)cc2)N(Cc2ccco2)C1=O)Nc1ccc(F)cc1. The molecule has 0 spiro atoms. The first-order valence-corrected chi connectivity index (χ1v) is 15.1. The van der Waals surface area contributed by atoms with Crippen LogP contribution in [0, 0.1) is 5.82 Å². The fourth-order valence-electron chi connectivity index (χ4n) is 4.56. The average molecular weight is 631 g/mol. The van der Waals surface area contributed by atoms with Crippen molar-refractivity contribution in [1.82, 2.24) is 4.90 Å². The van der Waals surface area contributed by atoms with Crippen molar-refractivity contribution in [1.29, 1.82) is 0 Å². The highest BCUT2D eigenvalue weighted by atomic mass is 32.2. The molecule has 0 unspecified atom stereocenters. The van der Waals surface area contributed by atoms with Crippen LogP contribution in [0.1, 0.15) is 16.9 Å². The molecule has 228 valence electrons. The number of hydrogen-bond donors (Lipinski definition) is 1. The number of benzene rings is 4. The van der Waals surface area contributed by atoms with Crippen molar-refractivity contribution in [3.05, 3.63) is 149 Å². The Hall–Kier alpha value is -5.74. The summed E-state index contributed by atoms with van der Waals surface area (Å²) in [6.45, 7) is -0.102. The molecule has 46 heavy (non-hydrogen) atoms. The van der Waals surface area contributed by atoms with Crippen LogP contribution in [0.3, 0.4) is 0 Å². The topological polar surface area (TPSA) is 96.5 Å². The van der Waals surface area contributed by atoms with Crippen molar-refractivity contribution >= 4 is 46.7 Å². The van der Waals surface area contributed by atoms with Gasteiger partial charge in [0.2, 0.25) is 0 Å². The zero-order chi connectivity index (χ0) is 31.7. The number of hydrogen-bond acceptors (Lipinski definition) is 7. The second-order valence-corrected chi connectivity index (χ2v) is 11.1. The molecule has 1 aliphatic heterocycles. The molecule has 1 N–H and O–H groups in total. The maximum Gasteiger partial charge on any atom is 0.267 e. The molecule has 1 aromatic heterocycles. The molecule has 0 radical (unpaired) electrons. The van der Waals surface area contributed by atoms with Gasteiger partial charge < -0.3 is 14.5 Å². The third kappa shape index (κ3) is 7.66. The van der Waals surface area contributed by atoms with Gasteiger partial charge in [0.1, 0.15) is 17.3 Å². The number of rotatable bonds is 10. The molecular weight excluding hydrogens is 603 g/mol. The molecule has 2 amide bonds.